The quantitative estimate of drug-likeness (QED) is 0.188. The third kappa shape index (κ3) is 5.06. The molecule has 2 saturated heterocycles. The van der Waals surface area contributed by atoms with E-state index in [0.29, 0.717) is 27.5 Å². The predicted molar refractivity (Wildman–Crippen MR) is 161 cm³/mol. The van der Waals surface area contributed by atoms with Crippen molar-refractivity contribution in [1.29, 1.82) is 0 Å². The standard InChI is InChI=1S/C33H31F3N4O2S/c1-3-23-26(35)11-10-18-13-21(41)14-24(27(18)23)29-28(36)30-25(15-37-29)31(43-22-6-4-5-7-22)39-33(38-30)42-32-19-9-8-17(2)40(32)16-20(34)12-19/h1,10-11,13-15,17,19-20,22,32,41H,4-9,12,16H2,2H3/t17?,19-,20-,32+/m1/s1. The number of alkyl halides is 1. The maximum atomic E-state index is 16.6. The number of pyridine rings is 1. The van der Waals surface area contributed by atoms with Crippen LogP contribution >= 0.6 is 11.8 Å². The van der Waals surface area contributed by atoms with Crippen molar-refractivity contribution in [2.75, 3.05) is 6.54 Å². The van der Waals surface area contributed by atoms with E-state index in [0.717, 1.165) is 38.5 Å². The molecule has 2 aromatic heterocycles. The van der Waals surface area contributed by atoms with Crippen LogP contribution in [-0.2, 0) is 0 Å². The number of phenolic OH excluding ortho intramolecular Hbond substituents is 1. The first-order chi connectivity index (χ1) is 20.8. The van der Waals surface area contributed by atoms with Gasteiger partial charge in [-0.1, -0.05) is 24.8 Å². The maximum absolute atomic E-state index is 16.6. The van der Waals surface area contributed by atoms with Gasteiger partial charge in [0.05, 0.1) is 10.9 Å². The molecule has 43 heavy (non-hydrogen) atoms. The Morgan fingerprint density at radius 2 is 1.93 bits per heavy atom. The van der Waals surface area contributed by atoms with Gasteiger partial charge in [0.1, 0.15) is 34.0 Å². The van der Waals surface area contributed by atoms with Crippen molar-refractivity contribution in [3.05, 3.63) is 47.7 Å². The van der Waals surface area contributed by atoms with Crippen LogP contribution in [0.15, 0.2) is 35.5 Å². The van der Waals surface area contributed by atoms with Gasteiger partial charge in [0.25, 0.3) is 0 Å². The van der Waals surface area contributed by atoms with Crippen molar-refractivity contribution >= 4 is 33.4 Å². The molecule has 222 valence electrons. The smallest absolute Gasteiger partial charge is 0.319 e. The molecule has 6 nitrogen and oxygen atoms in total. The zero-order chi connectivity index (χ0) is 29.8. The lowest BCUT2D eigenvalue weighted by Crippen LogP contribution is -2.59. The van der Waals surface area contributed by atoms with Crippen LogP contribution in [0.2, 0.25) is 0 Å². The monoisotopic (exact) mass is 604 g/mol. The first kappa shape index (κ1) is 28.2. The Labute approximate surface area is 252 Å². The summed E-state index contributed by atoms with van der Waals surface area (Å²) in [5, 5.41) is 12.6. The number of phenols is 1. The number of ether oxygens (including phenoxy) is 1. The Morgan fingerprint density at radius 3 is 2.72 bits per heavy atom. The number of piperidine rings is 2. The molecule has 5 atom stereocenters. The topological polar surface area (TPSA) is 71.4 Å². The first-order valence-corrected chi connectivity index (χ1v) is 15.7. The second-order valence-corrected chi connectivity index (χ2v) is 13.2. The summed E-state index contributed by atoms with van der Waals surface area (Å²) in [6.07, 6.45) is 12.4. The van der Waals surface area contributed by atoms with Gasteiger partial charge >= 0.3 is 6.01 Å². The zero-order valence-electron chi connectivity index (χ0n) is 23.7. The summed E-state index contributed by atoms with van der Waals surface area (Å²) in [7, 11) is 0. The van der Waals surface area contributed by atoms with Gasteiger partial charge in [-0.15, -0.1) is 18.2 Å². The lowest BCUT2D eigenvalue weighted by atomic mass is 9.83. The number of aromatic hydroxyl groups is 1. The van der Waals surface area contributed by atoms with Gasteiger partial charge < -0.3 is 9.84 Å². The third-order valence-corrected chi connectivity index (χ3v) is 10.4. The number of fused-ring (bicyclic) bond motifs is 4. The number of thioether (sulfide) groups is 1. The largest absolute Gasteiger partial charge is 0.508 e. The number of hydrogen-bond acceptors (Lipinski definition) is 7. The number of hydrogen-bond donors (Lipinski definition) is 1. The summed E-state index contributed by atoms with van der Waals surface area (Å²) in [4.78, 5) is 15.8. The average molecular weight is 605 g/mol. The van der Waals surface area contributed by atoms with Gasteiger partial charge in [0, 0.05) is 40.9 Å². The van der Waals surface area contributed by atoms with E-state index in [1.165, 1.54) is 30.5 Å². The fourth-order valence-electron chi connectivity index (χ4n) is 6.97. The van der Waals surface area contributed by atoms with E-state index in [1.807, 2.05) is 4.90 Å². The van der Waals surface area contributed by atoms with Crippen LogP contribution in [-0.4, -0.2) is 55.2 Å². The zero-order valence-corrected chi connectivity index (χ0v) is 24.5. The van der Waals surface area contributed by atoms with E-state index in [2.05, 4.69) is 22.8 Å². The molecular formula is C33H31F3N4O2S. The number of rotatable bonds is 5. The highest BCUT2D eigenvalue weighted by molar-refractivity contribution is 8.00. The number of halogens is 3. The Bertz CT molecular complexity index is 1770. The van der Waals surface area contributed by atoms with Crippen molar-refractivity contribution < 1.29 is 23.0 Å². The average Bonchev–Trinajstić information content (AvgIpc) is 3.49. The van der Waals surface area contributed by atoms with Crippen molar-refractivity contribution in [3.63, 3.8) is 0 Å². The van der Waals surface area contributed by atoms with Crippen LogP contribution in [0.4, 0.5) is 13.2 Å². The van der Waals surface area contributed by atoms with Crippen LogP contribution in [0, 0.1) is 29.9 Å². The van der Waals surface area contributed by atoms with Crippen molar-refractivity contribution in [1.82, 2.24) is 19.9 Å². The van der Waals surface area contributed by atoms with Crippen molar-refractivity contribution in [2.24, 2.45) is 5.92 Å². The number of terminal acetylenes is 1. The van der Waals surface area contributed by atoms with E-state index in [1.54, 1.807) is 11.8 Å². The Hall–Kier alpha value is -3.55. The summed E-state index contributed by atoms with van der Waals surface area (Å²) in [5.41, 5.74) is 0.00186. The molecule has 4 aromatic rings. The summed E-state index contributed by atoms with van der Waals surface area (Å²) in [6.45, 7) is 2.35. The van der Waals surface area contributed by atoms with Gasteiger partial charge in [0.2, 0.25) is 0 Å². The van der Waals surface area contributed by atoms with Crippen molar-refractivity contribution in [3.8, 4) is 35.4 Å². The van der Waals surface area contributed by atoms with Gasteiger partial charge in [-0.25, -0.2) is 13.2 Å². The second-order valence-electron chi connectivity index (χ2n) is 11.9. The van der Waals surface area contributed by atoms with Crippen LogP contribution in [0.1, 0.15) is 57.4 Å². The highest BCUT2D eigenvalue weighted by Crippen LogP contribution is 2.42. The van der Waals surface area contributed by atoms with E-state index in [4.69, 9.17) is 16.1 Å². The molecule has 1 N–H and O–H groups in total. The number of benzene rings is 2. The summed E-state index contributed by atoms with van der Waals surface area (Å²) >= 11 is 1.58. The van der Waals surface area contributed by atoms with Gasteiger partial charge in [-0.2, -0.15) is 9.97 Å². The molecule has 3 aliphatic rings. The van der Waals surface area contributed by atoms with Crippen LogP contribution in [0.5, 0.6) is 11.8 Å². The number of nitrogens with zero attached hydrogens (tertiary/aromatic N) is 4. The van der Waals surface area contributed by atoms with Gasteiger partial charge in [-0.3, -0.25) is 9.88 Å². The predicted octanol–water partition coefficient (Wildman–Crippen LogP) is 7.39. The van der Waals surface area contributed by atoms with E-state index < -0.39 is 24.0 Å². The lowest BCUT2D eigenvalue weighted by Gasteiger charge is -2.48. The van der Waals surface area contributed by atoms with Gasteiger partial charge in [0.15, 0.2) is 12.0 Å². The molecule has 4 heterocycles. The molecule has 2 aliphatic heterocycles. The minimum atomic E-state index is -0.917. The molecule has 2 bridgehead atoms. The SMILES string of the molecule is C#Cc1c(F)ccc2cc(O)cc(-c3ncc4c(SC5CCCC5)nc(O[C@H]5[C@@H]6CCC(C)N5C[C@H](F)C6)nc4c3F)c12. The van der Waals surface area contributed by atoms with Crippen LogP contribution < -0.4 is 4.74 Å². The molecule has 7 rings (SSSR count). The molecule has 0 amide bonds. The second kappa shape index (κ2) is 11.2. The van der Waals surface area contributed by atoms with E-state index >= 15 is 4.39 Å². The fraction of sp³-hybridized carbons (Fsp3) is 0.424. The Balaban J connectivity index is 1.38. The number of aromatic nitrogens is 3. The van der Waals surface area contributed by atoms with Crippen molar-refractivity contribution in [2.45, 2.75) is 80.6 Å². The first-order valence-electron chi connectivity index (χ1n) is 14.8. The van der Waals surface area contributed by atoms with Gasteiger partial charge in [-0.05, 0) is 62.6 Å². The normalized spacial score (nSPS) is 25.7. The minimum Gasteiger partial charge on any atom is -0.508 e. The molecule has 3 fully saturated rings. The summed E-state index contributed by atoms with van der Waals surface area (Å²) in [5.74, 6) is 0.832. The Morgan fingerprint density at radius 1 is 1.12 bits per heavy atom. The maximum Gasteiger partial charge on any atom is 0.319 e. The molecule has 2 unspecified atom stereocenters. The molecule has 10 heteroatoms. The lowest BCUT2D eigenvalue weighted by molar-refractivity contribution is -0.121. The third-order valence-electron chi connectivity index (χ3n) is 9.11. The van der Waals surface area contributed by atoms with E-state index in [9.17, 15) is 13.9 Å². The minimum absolute atomic E-state index is 0.0121. The van der Waals surface area contributed by atoms with E-state index in [-0.39, 0.29) is 58.0 Å². The summed E-state index contributed by atoms with van der Waals surface area (Å²) in [6, 6.07) is 5.66. The molecule has 1 aliphatic carbocycles. The molecule has 0 spiro atoms. The molecule has 1 saturated carbocycles. The molecule has 0 radical (unpaired) electrons. The van der Waals surface area contributed by atoms with Crippen LogP contribution in [0.3, 0.4) is 0 Å². The molecule has 2 aromatic carbocycles. The fourth-order valence-corrected chi connectivity index (χ4v) is 8.26. The van der Waals surface area contributed by atoms with Crippen LogP contribution in [0.25, 0.3) is 32.9 Å². The highest BCUT2D eigenvalue weighted by Gasteiger charge is 2.44. The highest BCUT2D eigenvalue weighted by atomic mass is 32.2. The molecular weight excluding hydrogens is 573 g/mol. The Kier molecular flexibility index (Phi) is 7.34. The summed E-state index contributed by atoms with van der Waals surface area (Å²) < 4.78 is 52.3.